The lowest BCUT2D eigenvalue weighted by Gasteiger charge is -2.60. The van der Waals surface area contributed by atoms with Crippen molar-refractivity contribution in [2.24, 2.45) is 28.1 Å². The van der Waals surface area contributed by atoms with E-state index in [0.717, 1.165) is 25.2 Å². The molecule has 0 aromatic heterocycles. The Morgan fingerprint density at radius 2 is 1.90 bits per heavy atom. The topological polar surface area (TPSA) is 20.2 Å². The normalized spacial score (nSPS) is 48.8. The summed E-state index contributed by atoms with van der Waals surface area (Å²) in [5.41, 5.74) is 2.38. The van der Waals surface area contributed by atoms with Crippen LogP contribution < -0.4 is 0 Å². The van der Waals surface area contributed by atoms with Gasteiger partial charge in [0.1, 0.15) is 0 Å². The van der Waals surface area contributed by atoms with Crippen molar-refractivity contribution in [3.05, 3.63) is 24.3 Å². The number of hydrogen-bond acceptors (Lipinski definition) is 1. The van der Waals surface area contributed by atoms with Crippen LogP contribution in [-0.2, 0) is 0 Å². The quantitative estimate of drug-likeness (QED) is 0.665. The van der Waals surface area contributed by atoms with Crippen LogP contribution in [0.25, 0.3) is 0 Å². The molecule has 1 nitrogen and oxygen atoms in total. The van der Waals surface area contributed by atoms with Crippen molar-refractivity contribution in [1.82, 2.24) is 0 Å². The first-order valence-electron chi connectivity index (χ1n) is 8.75. The number of rotatable bonds is 1. The van der Waals surface area contributed by atoms with E-state index >= 15 is 0 Å². The summed E-state index contributed by atoms with van der Waals surface area (Å²) < 4.78 is 0. The average molecular weight is 288 g/mol. The first kappa shape index (κ1) is 15.3. The molecule has 0 spiro atoms. The molecule has 118 valence electrons. The molecular weight excluding hydrogens is 256 g/mol. The maximum atomic E-state index is 10.5. The van der Waals surface area contributed by atoms with Crippen LogP contribution in [0.15, 0.2) is 24.3 Å². The predicted octanol–water partition coefficient (Wildman–Crippen LogP) is 5.11. The van der Waals surface area contributed by atoms with Gasteiger partial charge in [-0.1, -0.05) is 45.4 Å². The summed E-state index contributed by atoms with van der Waals surface area (Å²) in [4.78, 5) is 0. The molecule has 3 aliphatic rings. The second-order valence-corrected chi connectivity index (χ2v) is 9.05. The second-order valence-electron chi connectivity index (χ2n) is 9.05. The third-order valence-electron chi connectivity index (χ3n) is 7.36. The second kappa shape index (κ2) is 4.72. The van der Waals surface area contributed by atoms with Crippen LogP contribution in [0.1, 0.15) is 66.2 Å². The van der Waals surface area contributed by atoms with Gasteiger partial charge in [-0.2, -0.15) is 0 Å². The summed E-state index contributed by atoms with van der Waals surface area (Å²) in [6.07, 6.45) is 11.7. The zero-order valence-corrected chi connectivity index (χ0v) is 14.3. The Morgan fingerprint density at radius 3 is 2.57 bits per heavy atom. The van der Waals surface area contributed by atoms with Gasteiger partial charge in [0, 0.05) is 0 Å². The highest BCUT2D eigenvalue weighted by Crippen LogP contribution is 2.63. The van der Waals surface area contributed by atoms with Crippen molar-refractivity contribution in [3.8, 4) is 0 Å². The van der Waals surface area contributed by atoms with E-state index in [2.05, 4.69) is 46.4 Å². The molecule has 0 saturated heterocycles. The minimum absolute atomic E-state index is 0.0536. The minimum Gasteiger partial charge on any atom is -0.393 e. The molecule has 0 unspecified atom stereocenters. The van der Waals surface area contributed by atoms with E-state index in [1.54, 1.807) is 5.57 Å². The number of aliphatic hydroxyl groups is 1. The summed E-state index contributed by atoms with van der Waals surface area (Å²) >= 11 is 0. The zero-order chi connectivity index (χ0) is 15.5. The molecule has 0 aliphatic heterocycles. The Balaban J connectivity index is 1.97. The summed E-state index contributed by atoms with van der Waals surface area (Å²) in [5, 5.41) is 10.5. The maximum Gasteiger partial charge on any atom is 0.0594 e. The van der Waals surface area contributed by atoms with Gasteiger partial charge in [-0.25, -0.2) is 0 Å². The molecule has 2 saturated carbocycles. The molecule has 1 N–H and O–H groups in total. The monoisotopic (exact) mass is 288 g/mol. The van der Waals surface area contributed by atoms with Crippen molar-refractivity contribution in [1.29, 1.82) is 0 Å². The van der Waals surface area contributed by atoms with E-state index in [9.17, 15) is 5.11 Å². The van der Waals surface area contributed by atoms with Crippen molar-refractivity contribution in [3.63, 3.8) is 0 Å². The van der Waals surface area contributed by atoms with E-state index < -0.39 is 0 Å². The molecule has 21 heavy (non-hydrogen) atoms. The molecule has 0 heterocycles. The number of fused-ring (bicyclic) bond motifs is 3. The molecule has 1 heteroatoms. The van der Waals surface area contributed by atoms with Crippen LogP contribution in [-0.4, -0.2) is 11.2 Å². The van der Waals surface area contributed by atoms with E-state index in [-0.39, 0.29) is 11.5 Å². The van der Waals surface area contributed by atoms with Crippen LogP contribution in [0.4, 0.5) is 0 Å². The fourth-order valence-electron chi connectivity index (χ4n) is 5.83. The Bertz CT molecular complexity index is 474. The SMILES string of the molecule is C=C[C@]1(C)CC=C2[C@@H](CC[C@@H]3C(C)(C)[C@H](O)CC[C@@]23C)C1. The molecule has 0 aromatic rings. The minimum atomic E-state index is -0.130. The highest BCUT2D eigenvalue weighted by atomic mass is 16.3. The van der Waals surface area contributed by atoms with Gasteiger partial charge in [0.2, 0.25) is 0 Å². The van der Waals surface area contributed by atoms with Gasteiger partial charge in [0.15, 0.2) is 0 Å². The summed E-state index contributed by atoms with van der Waals surface area (Å²) in [6, 6.07) is 0. The molecule has 0 amide bonds. The zero-order valence-electron chi connectivity index (χ0n) is 14.3. The molecule has 2 fully saturated rings. The standard InChI is InChI=1S/C20H32O/c1-6-19(4)11-9-15-14(13-19)7-8-16-18(2,3)17(21)10-12-20(15,16)5/h6,9,14,16-17,21H,1,7-8,10-13H2,2-5H3/t14-,16+,17+,19+,20-/m0/s1. The predicted molar refractivity (Wildman–Crippen MR) is 89.0 cm³/mol. The molecular formula is C20H32O. The van der Waals surface area contributed by atoms with E-state index in [1.807, 2.05) is 0 Å². The average Bonchev–Trinajstić information content (AvgIpc) is 2.43. The lowest BCUT2D eigenvalue weighted by molar-refractivity contribution is -0.101. The van der Waals surface area contributed by atoms with Gasteiger partial charge in [-0.15, -0.1) is 6.58 Å². The van der Waals surface area contributed by atoms with Crippen molar-refractivity contribution < 1.29 is 5.11 Å². The Labute approximate surface area is 130 Å². The Kier molecular flexibility index (Phi) is 3.44. The van der Waals surface area contributed by atoms with Crippen molar-refractivity contribution in [2.75, 3.05) is 0 Å². The molecule has 0 radical (unpaired) electrons. The summed E-state index contributed by atoms with van der Waals surface area (Å²) in [7, 11) is 0. The van der Waals surface area contributed by atoms with Crippen molar-refractivity contribution >= 4 is 0 Å². The first-order valence-corrected chi connectivity index (χ1v) is 8.75. The van der Waals surface area contributed by atoms with Crippen molar-refractivity contribution in [2.45, 2.75) is 72.3 Å². The van der Waals surface area contributed by atoms with Crippen LogP contribution in [0.2, 0.25) is 0 Å². The molecule has 0 aromatic carbocycles. The fourth-order valence-corrected chi connectivity index (χ4v) is 5.83. The highest BCUT2D eigenvalue weighted by Gasteiger charge is 2.56. The highest BCUT2D eigenvalue weighted by molar-refractivity contribution is 5.28. The molecule has 0 bridgehead atoms. The smallest absolute Gasteiger partial charge is 0.0594 e. The lowest BCUT2D eigenvalue weighted by atomic mass is 9.46. The van der Waals surface area contributed by atoms with Gasteiger partial charge in [0.25, 0.3) is 0 Å². The van der Waals surface area contributed by atoms with Crippen LogP contribution in [0, 0.1) is 28.1 Å². The number of allylic oxidation sites excluding steroid dienone is 3. The Morgan fingerprint density at radius 1 is 1.19 bits per heavy atom. The third kappa shape index (κ3) is 2.15. The van der Waals surface area contributed by atoms with Crippen LogP contribution in [0.3, 0.4) is 0 Å². The van der Waals surface area contributed by atoms with Crippen LogP contribution >= 0.6 is 0 Å². The Hall–Kier alpha value is -0.560. The van der Waals surface area contributed by atoms with E-state index in [0.29, 0.717) is 16.7 Å². The fraction of sp³-hybridized carbons (Fsp3) is 0.800. The first-order chi connectivity index (χ1) is 9.73. The summed E-state index contributed by atoms with van der Waals surface area (Å²) in [5.74, 6) is 1.37. The number of hydrogen-bond donors (Lipinski definition) is 1. The molecule has 3 rings (SSSR count). The van der Waals surface area contributed by atoms with Gasteiger partial charge < -0.3 is 5.11 Å². The lowest BCUT2D eigenvalue weighted by Crippen LogP contribution is -2.54. The molecule has 5 atom stereocenters. The van der Waals surface area contributed by atoms with E-state index in [4.69, 9.17) is 0 Å². The maximum absolute atomic E-state index is 10.5. The van der Waals surface area contributed by atoms with E-state index in [1.165, 1.54) is 19.3 Å². The molecule has 3 aliphatic carbocycles. The van der Waals surface area contributed by atoms with Crippen LogP contribution in [0.5, 0.6) is 0 Å². The van der Waals surface area contributed by atoms with Gasteiger partial charge in [-0.05, 0) is 66.6 Å². The van der Waals surface area contributed by atoms with Gasteiger partial charge in [-0.3, -0.25) is 0 Å². The van der Waals surface area contributed by atoms with Gasteiger partial charge in [0.05, 0.1) is 6.10 Å². The largest absolute Gasteiger partial charge is 0.393 e. The summed E-state index contributed by atoms with van der Waals surface area (Å²) in [6.45, 7) is 13.5. The number of aliphatic hydroxyl groups excluding tert-OH is 1. The third-order valence-corrected chi connectivity index (χ3v) is 7.36. The van der Waals surface area contributed by atoms with Gasteiger partial charge >= 0.3 is 0 Å².